The molecule has 1 aromatic carbocycles. The minimum atomic E-state index is -1.09. The number of amides is 1. The van der Waals surface area contributed by atoms with Crippen LogP contribution < -0.4 is 5.73 Å². The quantitative estimate of drug-likeness (QED) is 0.620. The van der Waals surface area contributed by atoms with Crippen LogP contribution in [0.1, 0.15) is 29.6 Å². The van der Waals surface area contributed by atoms with E-state index in [0.29, 0.717) is 12.0 Å². The molecule has 0 aromatic heterocycles. The normalized spacial score (nSPS) is 11.7. The number of hydrogen-bond acceptors (Lipinski definition) is 4. The van der Waals surface area contributed by atoms with Crippen LogP contribution in [0.15, 0.2) is 30.3 Å². The maximum Gasteiger partial charge on any atom is 0.320 e. The second-order valence-electron chi connectivity index (χ2n) is 4.89. The summed E-state index contributed by atoms with van der Waals surface area (Å²) in [5, 5.41) is 17.5. The molecule has 0 aliphatic heterocycles. The predicted molar refractivity (Wildman–Crippen MR) is 79.4 cm³/mol. The van der Waals surface area contributed by atoms with Crippen molar-refractivity contribution in [2.45, 2.75) is 25.3 Å². The summed E-state index contributed by atoms with van der Waals surface area (Å²) in [6.07, 6.45) is 0.455. The van der Waals surface area contributed by atoms with Crippen LogP contribution in [-0.2, 0) is 9.59 Å². The van der Waals surface area contributed by atoms with Crippen LogP contribution in [0, 0.1) is 0 Å². The van der Waals surface area contributed by atoms with E-state index in [4.69, 9.17) is 15.9 Å². The summed E-state index contributed by atoms with van der Waals surface area (Å²) >= 11 is 0. The number of rotatable bonds is 9. The first-order chi connectivity index (χ1) is 10.4. The highest BCUT2D eigenvalue weighted by Gasteiger charge is 2.18. The van der Waals surface area contributed by atoms with Crippen molar-refractivity contribution in [1.82, 2.24) is 4.90 Å². The van der Waals surface area contributed by atoms with Gasteiger partial charge in [-0.15, -0.1) is 0 Å². The first-order valence-corrected chi connectivity index (χ1v) is 6.96. The molecule has 0 aliphatic carbocycles. The molecule has 1 aromatic rings. The van der Waals surface area contributed by atoms with Gasteiger partial charge >= 0.3 is 11.9 Å². The van der Waals surface area contributed by atoms with Crippen LogP contribution in [-0.4, -0.2) is 52.1 Å². The highest BCUT2D eigenvalue weighted by Crippen LogP contribution is 2.08. The fourth-order valence-electron chi connectivity index (χ4n) is 1.93. The van der Waals surface area contributed by atoms with Crippen molar-refractivity contribution >= 4 is 17.8 Å². The lowest BCUT2D eigenvalue weighted by atomic mass is 10.1. The van der Waals surface area contributed by atoms with Crippen LogP contribution in [0.3, 0.4) is 0 Å². The number of carbonyl (C=O) groups is 3. The summed E-state index contributed by atoms with van der Waals surface area (Å²) in [5.41, 5.74) is 5.88. The SMILES string of the molecule is N[C@@H](CCCN(CCC(=O)O)C(=O)c1ccccc1)C(=O)O. The van der Waals surface area contributed by atoms with Gasteiger partial charge in [0, 0.05) is 18.7 Å². The molecule has 120 valence electrons. The molecule has 0 unspecified atom stereocenters. The fourth-order valence-corrected chi connectivity index (χ4v) is 1.93. The molecule has 0 saturated carbocycles. The van der Waals surface area contributed by atoms with Gasteiger partial charge in [-0.25, -0.2) is 0 Å². The van der Waals surface area contributed by atoms with E-state index in [9.17, 15) is 14.4 Å². The summed E-state index contributed by atoms with van der Waals surface area (Å²) in [6.45, 7) is 0.341. The second kappa shape index (κ2) is 8.78. The van der Waals surface area contributed by atoms with Gasteiger partial charge in [-0.2, -0.15) is 0 Å². The Morgan fingerprint density at radius 1 is 1.09 bits per heavy atom. The van der Waals surface area contributed by atoms with Crippen LogP contribution >= 0.6 is 0 Å². The van der Waals surface area contributed by atoms with Gasteiger partial charge < -0.3 is 20.8 Å². The number of hydrogen-bond donors (Lipinski definition) is 3. The predicted octanol–water partition coefficient (Wildman–Crippen LogP) is 0.796. The molecular formula is C15H20N2O5. The summed E-state index contributed by atoms with van der Waals surface area (Å²) in [5.74, 6) is -2.36. The molecule has 0 radical (unpaired) electrons. The fraction of sp³-hybridized carbons (Fsp3) is 0.400. The molecule has 0 fully saturated rings. The monoisotopic (exact) mass is 308 g/mol. The maximum atomic E-state index is 12.4. The number of nitrogens with two attached hydrogens (primary N) is 1. The zero-order valence-corrected chi connectivity index (χ0v) is 12.1. The van der Waals surface area contributed by atoms with Gasteiger partial charge in [0.2, 0.25) is 0 Å². The first-order valence-electron chi connectivity index (χ1n) is 6.96. The molecular weight excluding hydrogens is 288 g/mol. The van der Waals surface area contributed by atoms with Crippen molar-refractivity contribution in [2.24, 2.45) is 5.73 Å². The summed E-state index contributed by atoms with van der Waals surface area (Å²) < 4.78 is 0. The largest absolute Gasteiger partial charge is 0.481 e. The van der Waals surface area contributed by atoms with E-state index in [2.05, 4.69) is 0 Å². The number of carboxylic acids is 2. The average Bonchev–Trinajstić information content (AvgIpc) is 2.50. The standard InChI is InChI=1S/C15H20N2O5/c16-12(15(21)22)7-4-9-17(10-8-13(18)19)14(20)11-5-2-1-3-6-11/h1-3,5-6,12H,4,7-10,16H2,(H,18,19)(H,21,22)/t12-/m0/s1. The highest BCUT2D eigenvalue weighted by atomic mass is 16.4. The number of carbonyl (C=O) groups excluding carboxylic acids is 1. The van der Waals surface area contributed by atoms with Crippen LogP contribution in [0.5, 0.6) is 0 Å². The zero-order chi connectivity index (χ0) is 16.5. The molecule has 0 bridgehead atoms. The van der Waals surface area contributed by atoms with Crippen LogP contribution in [0.25, 0.3) is 0 Å². The first kappa shape index (κ1) is 17.6. The zero-order valence-electron chi connectivity index (χ0n) is 12.1. The van der Waals surface area contributed by atoms with E-state index in [1.807, 2.05) is 0 Å². The molecule has 0 aliphatic rings. The van der Waals surface area contributed by atoms with Crippen molar-refractivity contribution in [2.75, 3.05) is 13.1 Å². The summed E-state index contributed by atoms with van der Waals surface area (Å²) in [4.78, 5) is 35.1. The van der Waals surface area contributed by atoms with E-state index in [-0.39, 0.29) is 31.8 Å². The van der Waals surface area contributed by atoms with Gasteiger partial charge in [0.15, 0.2) is 0 Å². The van der Waals surface area contributed by atoms with Gasteiger partial charge in [0.05, 0.1) is 6.42 Å². The van der Waals surface area contributed by atoms with Gasteiger partial charge in [0.25, 0.3) is 5.91 Å². The molecule has 7 heteroatoms. The Labute approximate surface area is 128 Å². The topological polar surface area (TPSA) is 121 Å². The van der Waals surface area contributed by atoms with Crippen molar-refractivity contribution in [3.8, 4) is 0 Å². The lowest BCUT2D eigenvalue weighted by Crippen LogP contribution is -2.36. The van der Waals surface area contributed by atoms with E-state index in [1.165, 1.54) is 4.90 Å². The molecule has 0 spiro atoms. The highest BCUT2D eigenvalue weighted by molar-refractivity contribution is 5.94. The Bertz CT molecular complexity index is 518. The molecule has 7 nitrogen and oxygen atoms in total. The molecule has 1 amide bonds. The Kier molecular flexibility index (Phi) is 7.04. The third kappa shape index (κ3) is 5.92. The number of nitrogens with zero attached hydrogens (tertiary/aromatic N) is 1. The lowest BCUT2D eigenvalue weighted by molar-refractivity contribution is -0.139. The van der Waals surface area contributed by atoms with Gasteiger partial charge in [-0.1, -0.05) is 18.2 Å². The van der Waals surface area contributed by atoms with Gasteiger partial charge in [-0.3, -0.25) is 14.4 Å². The van der Waals surface area contributed by atoms with E-state index < -0.39 is 18.0 Å². The van der Waals surface area contributed by atoms with Gasteiger partial charge in [0.1, 0.15) is 6.04 Å². The van der Waals surface area contributed by atoms with Crippen molar-refractivity contribution in [1.29, 1.82) is 0 Å². The smallest absolute Gasteiger partial charge is 0.320 e. The Morgan fingerprint density at radius 2 is 1.73 bits per heavy atom. The van der Waals surface area contributed by atoms with Gasteiger partial charge in [-0.05, 0) is 25.0 Å². The molecule has 1 atom stereocenters. The molecule has 1 rings (SSSR count). The summed E-state index contributed by atoms with van der Waals surface area (Å²) in [6, 6.07) is 7.56. The number of carboxylic acid groups (broad SMARTS) is 2. The van der Waals surface area contributed by atoms with Crippen molar-refractivity contribution in [3.63, 3.8) is 0 Å². The maximum absolute atomic E-state index is 12.4. The average molecular weight is 308 g/mol. The van der Waals surface area contributed by atoms with E-state index in [1.54, 1.807) is 30.3 Å². The molecule has 0 saturated heterocycles. The Balaban J connectivity index is 2.65. The van der Waals surface area contributed by atoms with Crippen LogP contribution in [0.2, 0.25) is 0 Å². The van der Waals surface area contributed by atoms with E-state index in [0.717, 1.165) is 0 Å². The minimum Gasteiger partial charge on any atom is -0.481 e. The number of benzene rings is 1. The molecule has 4 N–H and O–H groups in total. The second-order valence-corrected chi connectivity index (χ2v) is 4.89. The molecule has 0 heterocycles. The lowest BCUT2D eigenvalue weighted by Gasteiger charge is -2.22. The minimum absolute atomic E-state index is 0.0748. The Morgan fingerprint density at radius 3 is 2.27 bits per heavy atom. The third-order valence-electron chi connectivity index (χ3n) is 3.16. The van der Waals surface area contributed by atoms with Crippen molar-refractivity contribution < 1.29 is 24.6 Å². The third-order valence-corrected chi connectivity index (χ3v) is 3.16. The number of aliphatic carboxylic acids is 2. The summed E-state index contributed by atoms with van der Waals surface area (Å²) in [7, 11) is 0. The van der Waals surface area contributed by atoms with Crippen molar-refractivity contribution in [3.05, 3.63) is 35.9 Å². The van der Waals surface area contributed by atoms with Crippen LogP contribution in [0.4, 0.5) is 0 Å². The Hall–Kier alpha value is -2.41. The van der Waals surface area contributed by atoms with E-state index >= 15 is 0 Å². The molecule has 22 heavy (non-hydrogen) atoms.